The minimum atomic E-state index is -2.55. The summed E-state index contributed by atoms with van der Waals surface area (Å²) in [5.74, 6) is -1.13. The Morgan fingerprint density at radius 1 is 1.36 bits per heavy atom. The van der Waals surface area contributed by atoms with E-state index in [4.69, 9.17) is 0 Å². The fourth-order valence-electron chi connectivity index (χ4n) is 1.47. The smallest absolute Gasteiger partial charge is 0.249 e. The molecule has 0 amide bonds. The van der Waals surface area contributed by atoms with Crippen molar-refractivity contribution in [2.75, 3.05) is 0 Å². The molecule has 1 aromatic rings. The zero-order valence-electron chi connectivity index (χ0n) is 7.24. The van der Waals surface area contributed by atoms with Crippen LogP contribution in [0.1, 0.15) is 5.56 Å². The summed E-state index contributed by atoms with van der Waals surface area (Å²) in [6.45, 7) is 0. The number of thioether (sulfide) groups is 1. The quantitative estimate of drug-likeness (QED) is 0.715. The van der Waals surface area contributed by atoms with Gasteiger partial charge in [-0.2, -0.15) is 0 Å². The van der Waals surface area contributed by atoms with Crippen molar-refractivity contribution in [3.63, 3.8) is 0 Å². The second-order valence-electron chi connectivity index (χ2n) is 3.17. The van der Waals surface area contributed by atoms with Crippen LogP contribution in [0.25, 0.3) is 0 Å². The molecule has 74 valence electrons. The molecule has 0 spiro atoms. The summed E-state index contributed by atoms with van der Waals surface area (Å²) in [5.41, 5.74) is 0.849. The molecule has 4 heteroatoms. The third-order valence-electron chi connectivity index (χ3n) is 2.23. The van der Waals surface area contributed by atoms with Gasteiger partial charge in [0.05, 0.1) is 5.92 Å². The Labute approximate surface area is 84.5 Å². The Balaban J connectivity index is 2.31. The molecule has 14 heavy (non-hydrogen) atoms. The second kappa shape index (κ2) is 3.69. The van der Waals surface area contributed by atoms with Crippen molar-refractivity contribution < 1.29 is 13.6 Å². The van der Waals surface area contributed by atoms with Crippen LogP contribution in [0.4, 0.5) is 8.78 Å². The lowest BCUT2D eigenvalue weighted by molar-refractivity contribution is -0.118. The first-order valence-electron chi connectivity index (χ1n) is 4.26. The van der Waals surface area contributed by atoms with Crippen molar-refractivity contribution in [2.45, 2.75) is 17.7 Å². The summed E-state index contributed by atoms with van der Waals surface area (Å²) in [5, 5.41) is -0.418. The van der Waals surface area contributed by atoms with Gasteiger partial charge in [-0.1, -0.05) is 30.0 Å². The highest BCUT2D eigenvalue weighted by Crippen LogP contribution is 2.36. The van der Waals surface area contributed by atoms with Crippen LogP contribution in [0, 0.1) is 5.92 Å². The van der Waals surface area contributed by atoms with Crippen LogP contribution in [0.5, 0.6) is 0 Å². The van der Waals surface area contributed by atoms with Gasteiger partial charge in [0.2, 0.25) is 11.5 Å². The number of hydrogen-bond donors (Lipinski definition) is 0. The summed E-state index contributed by atoms with van der Waals surface area (Å²) in [6.07, 6.45) is -2.39. The molecular weight excluding hydrogens is 206 g/mol. The van der Waals surface area contributed by atoms with Gasteiger partial charge in [-0.3, -0.25) is 4.79 Å². The molecule has 2 rings (SSSR count). The van der Waals surface area contributed by atoms with Crippen LogP contribution in [-0.2, 0) is 11.2 Å². The van der Waals surface area contributed by atoms with Crippen LogP contribution in [0.2, 0.25) is 0 Å². The van der Waals surface area contributed by atoms with Crippen LogP contribution in [0.15, 0.2) is 29.2 Å². The monoisotopic (exact) mass is 214 g/mol. The standard InChI is InChI=1S/C10H8F2OS/c11-9(12)7-5-6-3-1-2-4-8(6)14-10(7)13/h1-4,7,9H,5H2. The summed E-state index contributed by atoms with van der Waals surface area (Å²) in [4.78, 5) is 12.1. The van der Waals surface area contributed by atoms with Gasteiger partial charge < -0.3 is 0 Å². The van der Waals surface area contributed by atoms with Crippen molar-refractivity contribution in [1.29, 1.82) is 0 Å². The minimum Gasteiger partial charge on any atom is -0.286 e. The molecular formula is C10H8F2OS. The van der Waals surface area contributed by atoms with Gasteiger partial charge in [-0.25, -0.2) is 8.78 Å². The Morgan fingerprint density at radius 3 is 2.79 bits per heavy atom. The molecule has 0 saturated heterocycles. The third-order valence-corrected chi connectivity index (χ3v) is 3.35. The summed E-state index contributed by atoms with van der Waals surface area (Å²) in [6, 6.07) is 7.20. The minimum absolute atomic E-state index is 0.166. The Morgan fingerprint density at radius 2 is 2.07 bits per heavy atom. The van der Waals surface area contributed by atoms with E-state index in [0.29, 0.717) is 0 Å². The van der Waals surface area contributed by atoms with Gasteiger partial charge in [-0.05, 0) is 18.1 Å². The van der Waals surface area contributed by atoms with Gasteiger partial charge in [-0.15, -0.1) is 0 Å². The Bertz CT molecular complexity index is 365. The Kier molecular flexibility index (Phi) is 2.54. The molecule has 0 fully saturated rings. The predicted octanol–water partition coefficient (Wildman–Crippen LogP) is 2.74. The normalized spacial score (nSPS) is 21.1. The molecule has 1 atom stereocenters. The first-order chi connectivity index (χ1) is 6.68. The number of hydrogen-bond acceptors (Lipinski definition) is 2. The number of halogens is 2. The number of fused-ring (bicyclic) bond motifs is 1. The maximum atomic E-state index is 12.4. The van der Waals surface area contributed by atoms with E-state index in [9.17, 15) is 13.6 Å². The lowest BCUT2D eigenvalue weighted by Gasteiger charge is -2.21. The molecule has 0 saturated carbocycles. The maximum absolute atomic E-state index is 12.4. The second-order valence-corrected chi connectivity index (χ2v) is 4.22. The molecule has 0 bridgehead atoms. The fraction of sp³-hybridized carbons (Fsp3) is 0.300. The SMILES string of the molecule is O=C1Sc2ccccc2CC1C(F)F. The summed E-state index contributed by atoms with van der Waals surface area (Å²) >= 11 is 0.929. The van der Waals surface area contributed by atoms with Gasteiger partial charge in [0.15, 0.2) is 0 Å². The van der Waals surface area contributed by atoms with E-state index in [1.165, 1.54) is 0 Å². The highest BCUT2D eigenvalue weighted by atomic mass is 32.2. The van der Waals surface area contributed by atoms with Crippen molar-refractivity contribution in [3.05, 3.63) is 29.8 Å². The molecule has 1 unspecified atom stereocenters. The number of carbonyl (C=O) groups excluding carboxylic acids is 1. The van der Waals surface area contributed by atoms with E-state index in [0.717, 1.165) is 22.2 Å². The maximum Gasteiger partial charge on any atom is 0.249 e. The van der Waals surface area contributed by atoms with E-state index >= 15 is 0 Å². The van der Waals surface area contributed by atoms with Crippen LogP contribution < -0.4 is 0 Å². The lowest BCUT2D eigenvalue weighted by Crippen LogP contribution is -2.25. The van der Waals surface area contributed by atoms with Crippen LogP contribution in [-0.4, -0.2) is 11.5 Å². The number of rotatable bonds is 1. The fourth-order valence-corrected chi connectivity index (χ4v) is 2.45. The van der Waals surface area contributed by atoms with Gasteiger partial charge in [0.25, 0.3) is 0 Å². The average Bonchev–Trinajstić information content (AvgIpc) is 2.16. The molecule has 1 heterocycles. The summed E-state index contributed by atoms with van der Waals surface area (Å²) in [7, 11) is 0. The molecule has 0 radical (unpaired) electrons. The molecule has 0 aromatic heterocycles. The van der Waals surface area contributed by atoms with Gasteiger partial charge in [0.1, 0.15) is 0 Å². The average molecular weight is 214 g/mol. The highest BCUT2D eigenvalue weighted by molar-refractivity contribution is 8.13. The largest absolute Gasteiger partial charge is 0.286 e. The van der Waals surface area contributed by atoms with Crippen molar-refractivity contribution in [2.24, 2.45) is 5.92 Å². The van der Waals surface area contributed by atoms with Crippen molar-refractivity contribution in [3.8, 4) is 0 Å². The lowest BCUT2D eigenvalue weighted by atomic mass is 10.0. The Hall–Kier alpha value is -0.900. The molecule has 1 aromatic carbocycles. The van der Waals surface area contributed by atoms with Crippen molar-refractivity contribution >= 4 is 16.9 Å². The van der Waals surface area contributed by atoms with Crippen molar-refractivity contribution in [1.82, 2.24) is 0 Å². The number of benzene rings is 1. The van der Waals surface area contributed by atoms with Gasteiger partial charge in [0, 0.05) is 4.90 Å². The number of alkyl halides is 2. The zero-order valence-corrected chi connectivity index (χ0v) is 8.06. The van der Waals surface area contributed by atoms with E-state index in [1.807, 2.05) is 6.07 Å². The van der Waals surface area contributed by atoms with E-state index in [2.05, 4.69) is 0 Å². The van der Waals surface area contributed by atoms with E-state index in [1.54, 1.807) is 18.2 Å². The number of carbonyl (C=O) groups is 1. The third kappa shape index (κ3) is 1.66. The highest BCUT2D eigenvalue weighted by Gasteiger charge is 2.33. The topological polar surface area (TPSA) is 17.1 Å². The van der Waals surface area contributed by atoms with E-state index in [-0.39, 0.29) is 6.42 Å². The van der Waals surface area contributed by atoms with Crippen LogP contribution in [0.3, 0.4) is 0 Å². The summed E-state index contributed by atoms with van der Waals surface area (Å²) < 4.78 is 24.9. The zero-order chi connectivity index (χ0) is 10.1. The first-order valence-corrected chi connectivity index (χ1v) is 5.08. The van der Waals surface area contributed by atoms with Gasteiger partial charge >= 0.3 is 0 Å². The van der Waals surface area contributed by atoms with Crippen LogP contribution >= 0.6 is 11.8 Å². The first kappa shape index (κ1) is 9.65. The molecule has 1 aliphatic rings. The molecule has 1 aliphatic heterocycles. The predicted molar refractivity (Wildman–Crippen MR) is 50.5 cm³/mol. The van der Waals surface area contributed by atoms with E-state index < -0.39 is 17.5 Å². The molecule has 1 nitrogen and oxygen atoms in total. The molecule has 0 aliphatic carbocycles. The molecule has 0 N–H and O–H groups in total.